The Kier molecular flexibility index (Phi) is 4.00. The maximum absolute atomic E-state index is 3.65. The van der Waals surface area contributed by atoms with Gasteiger partial charge in [-0.3, -0.25) is 4.90 Å². The molecule has 0 atom stereocenters. The van der Waals surface area contributed by atoms with Crippen LogP contribution < -0.4 is 5.32 Å². The molecule has 88 valence electrons. The fourth-order valence-corrected chi connectivity index (χ4v) is 2.65. The van der Waals surface area contributed by atoms with Gasteiger partial charge >= 0.3 is 0 Å². The van der Waals surface area contributed by atoms with Crippen molar-refractivity contribution in [2.75, 3.05) is 19.6 Å². The average Bonchev–Trinajstić information content (AvgIpc) is 2.18. The number of hydrogen-bond acceptors (Lipinski definition) is 2. The van der Waals surface area contributed by atoms with E-state index in [1.807, 2.05) is 0 Å². The first kappa shape index (κ1) is 12.1. The van der Waals surface area contributed by atoms with Crippen LogP contribution in [0, 0.1) is 6.92 Å². The summed E-state index contributed by atoms with van der Waals surface area (Å²) in [7, 11) is 0. The molecule has 0 aromatic heterocycles. The first-order valence-electron chi connectivity index (χ1n) is 5.90. The SMILES string of the molecule is CCN(Cc1ccc(C)cc1Br)C1CNC1. The zero-order valence-corrected chi connectivity index (χ0v) is 11.5. The van der Waals surface area contributed by atoms with E-state index >= 15 is 0 Å². The smallest absolute Gasteiger partial charge is 0.0348 e. The minimum Gasteiger partial charge on any atom is -0.314 e. The van der Waals surface area contributed by atoms with Crippen molar-refractivity contribution in [1.82, 2.24) is 10.2 Å². The van der Waals surface area contributed by atoms with Gasteiger partial charge in [0.15, 0.2) is 0 Å². The number of benzene rings is 1. The van der Waals surface area contributed by atoms with Crippen LogP contribution in [-0.4, -0.2) is 30.6 Å². The lowest BCUT2D eigenvalue weighted by Crippen LogP contribution is -2.56. The number of rotatable bonds is 4. The lowest BCUT2D eigenvalue weighted by molar-refractivity contribution is 0.145. The lowest BCUT2D eigenvalue weighted by Gasteiger charge is -2.37. The molecule has 0 unspecified atom stereocenters. The van der Waals surface area contributed by atoms with Gasteiger partial charge in [0.25, 0.3) is 0 Å². The van der Waals surface area contributed by atoms with Gasteiger partial charge < -0.3 is 5.32 Å². The summed E-state index contributed by atoms with van der Waals surface area (Å²) in [6, 6.07) is 7.33. The fraction of sp³-hybridized carbons (Fsp3) is 0.538. The number of aryl methyl sites for hydroxylation is 1. The largest absolute Gasteiger partial charge is 0.314 e. The predicted molar refractivity (Wildman–Crippen MR) is 71.6 cm³/mol. The van der Waals surface area contributed by atoms with Gasteiger partial charge in [0, 0.05) is 30.1 Å². The second-order valence-electron chi connectivity index (χ2n) is 4.47. The summed E-state index contributed by atoms with van der Waals surface area (Å²) < 4.78 is 1.23. The Morgan fingerprint density at radius 3 is 2.69 bits per heavy atom. The van der Waals surface area contributed by atoms with Crippen molar-refractivity contribution in [3.05, 3.63) is 33.8 Å². The minimum atomic E-state index is 0.721. The van der Waals surface area contributed by atoms with E-state index in [0.717, 1.165) is 32.2 Å². The highest BCUT2D eigenvalue weighted by Gasteiger charge is 2.23. The third kappa shape index (κ3) is 2.65. The highest BCUT2D eigenvalue weighted by Crippen LogP contribution is 2.21. The van der Waals surface area contributed by atoms with Gasteiger partial charge in [-0.25, -0.2) is 0 Å². The molecule has 1 aliphatic rings. The number of nitrogens with one attached hydrogen (secondary N) is 1. The van der Waals surface area contributed by atoms with E-state index in [9.17, 15) is 0 Å². The average molecular weight is 283 g/mol. The Bertz CT molecular complexity index is 361. The Balaban J connectivity index is 2.06. The molecule has 1 aliphatic heterocycles. The molecule has 1 saturated heterocycles. The summed E-state index contributed by atoms with van der Waals surface area (Å²) in [5.74, 6) is 0. The Morgan fingerprint density at radius 2 is 2.19 bits per heavy atom. The normalized spacial score (nSPS) is 16.5. The zero-order chi connectivity index (χ0) is 11.5. The summed E-state index contributed by atoms with van der Waals surface area (Å²) in [4.78, 5) is 2.53. The van der Waals surface area contributed by atoms with E-state index in [-0.39, 0.29) is 0 Å². The Labute approximate surface area is 106 Å². The molecule has 2 nitrogen and oxygen atoms in total. The second kappa shape index (κ2) is 5.30. The topological polar surface area (TPSA) is 15.3 Å². The molecule has 16 heavy (non-hydrogen) atoms. The third-order valence-electron chi connectivity index (χ3n) is 3.26. The molecule has 3 heteroatoms. The van der Waals surface area contributed by atoms with E-state index in [0.29, 0.717) is 0 Å². The highest BCUT2D eigenvalue weighted by atomic mass is 79.9. The monoisotopic (exact) mass is 282 g/mol. The summed E-state index contributed by atoms with van der Waals surface area (Å²) >= 11 is 3.65. The van der Waals surface area contributed by atoms with Gasteiger partial charge in [0.2, 0.25) is 0 Å². The van der Waals surface area contributed by atoms with Crippen LogP contribution in [0.15, 0.2) is 22.7 Å². The molecule has 1 N–H and O–H groups in total. The maximum atomic E-state index is 3.65. The van der Waals surface area contributed by atoms with E-state index in [1.165, 1.54) is 15.6 Å². The minimum absolute atomic E-state index is 0.721. The molecule has 1 fully saturated rings. The van der Waals surface area contributed by atoms with Crippen molar-refractivity contribution >= 4 is 15.9 Å². The van der Waals surface area contributed by atoms with Crippen LogP contribution in [-0.2, 0) is 6.54 Å². The number of hydrogen-bond donors (Lipinski definition) is 1. The van der Waals surface area contributed by atoms with Gasteiger partial charge in [-0.2, -0.15) is 0 Å². The second-order valence-corrected chi connectivity index (χ2v) is 5.32. The van der Waals surface area contributed by atoms with Gasteiger partial charge in [-0.05, 0) is 30.7 Å². The first-order chi connectivity index (χ1) is 7.70. The van der Waals surface area contributed by atoms with Crippen molar-refractivity contribution < 1.29 is 0 Å². The molecule has 0 saturated carbocycles. The van der Waals surface area contributed by atoms with E-state index in [4.69, 9.17) is 0 Å². The Morgan fingerprint density at radius 1 is 1.44 bits per heavy atom. The van der Waals surface area contributed by atoms with Crippen LogP contribution in [0.3, 0.4) is 0 Å². The molecular weight excluding hydrogens is 264 g/mol. The van der Waals surface area contributed by atoms with E-state index < -0.39 is 0 Å². The van der Waals surface area contributed by atoms with Gasteiger partial charge in [-0.1, -0.05) is 35.0 Å². The van der Waals surface area contributed by atoms with E-state index in [2.05, 4.69) is 58.2 Å². The summed E-state index contributed by atoms with van der Waals surface area (Å²) in [5, 5.41) is 3.33. The van der Waals surface area contributed by atoms with Crippen molar-refractivity contribution in [2.45, 2.75) is 26.4 Å². The third-order valence-corrected chi connectivity index (χ3v) is 4.00. The molecule has 0 amide bonds. The predicted octanol–water partition coefficient (Wildman–Crippen LogP) is 2.55. The van der Waals surface area contributed by atoms with Crippen LogP contribution in [0.5, 0.6) is 0 Å². The molecule has 0 spiro atoms. The number of halogens is 1. The van der Waals surface area contributed by atoms with Crippen molar-refractivity contribution in [2.24, 2.45) is 0 Å². The molecular formula is C13H19BrN2. The highest BCUT2D eigenvalue weighted by molar-refractivity contribution is 9.10. The zero-order valence-electron chi connectivity index (χ0n) is 9.96. The molecule has 0 aliphatic carbocycles. The molecule has 0 radical (unpaired) electrons. The molecule has 0 bridgehead atoms. The molecule has 1 aromatic rings. The number of likely N-dealkylation sites (N-methyl/N-ethyl adjacent to an activating group) is 1. The van der Waals surface area contributed by atoms with Crippen LogP contribution >= 0.6 is 15.9 Å². The van der Waals surface area contributed by atoms with Gasteiger partial charge in [-0.15, -0.1) is 0 Å². The standard InChI is InChI=1S/C13H19BrN2/c1-3-16(12-7-15-8-12)9-11-5-4-10(2)6-13(11)14/h4-6,12,15H,3,7-9H2,1-2H3. The van der Waals surface area contributed by atoms with Crippen LogP contribution in [0.1, 0.15) is 18.1 Å². The lowest BCUT2D eigenvalue weighted by atomic mass is 10.1. The summed E-state index contributed by atoms with van der Waals surface area (Å²) in [6.07, 6.45) is 0. The van der Waals surface area contributed by atoms with Crippen molar-refractivity contribution in [3.63, 3.8) is 0 Å². The van der Waals surface area contributed by atoms with Gasteiger partial charge in [0.05, 0.1) is 0 Å². The van der Waals surface area contributed by atoms with Crippen LogP contribution in [0.4, 0.5) is 0 Å². The van der Waals surface area contributed by atoms with Gasteiger partial charge in [0.1, 0.15) is 0 Å². The Hall–Kier alpha value is -0.380. The first-order valence-corrected chi connectivity index (χ1v) is 6.69. The van der Waals surface area contributed by atoms with Crippen molar-refractivity contribution in [1.29, 1.82) is 0 Å². The molecule has 1 heterocycles. The summed E-state index contributed by atoms with van der Waals surface area (Å²) in [5.41, 5.74) is 2.70. The molecule has 2 rings (SSSR count). The number of nitrogens with zero attached hydrogens (tertiary/aromatic N) is 1. The van der Waals surface area contributed by atoms with Crippen molar-refractivity contribution in [3.8, 4) is 0 Å². The summed E-state index contributed by atoms with van der Waals surface area (Å²) in [6.45, 7) is 8.80. The molecule has 1 aromatic carbocycles. The van der Waals surface area contributed by atoms with Crippen LogP contribution in [0.2, 0.25) is 0 Å². The quantitative estimate of drug-likeness (QED) is 0.913. The maximum Gasteiger partial charge on any atom is 0.0348 e. The van der Waals surface area contributed by atoms with E-state index in [1.54, 1.807) is 0 Å². The van der Waals surface area contributed by atoms with Crippen LogP contribution in [0.25, 0.3) is 0 Å². The fourth-order valence-electron chi connectivity index (χ4n) is 2.03.